The maximum atomic E-state index is 11.5. The fraction of sp³-hybridized carbons (Fsp3) is 0.727. The molecule has 1 aliphatic heterocycles. The number of hydrogen-bond donors (Lipinski definition) is 1. The van der Waals surface area contributed by atoms with Crippen molar-refractivity contribution in [1.29, 1.82) is 0 Å². The maximum Gasteiger partial charge on any atom is 0.277 e. The minimum absolute atomic E-state index is 0.0626. The second kappa shape index (κ2) is 6.13. The summed E-state index contributed by atoms with van der Waals surface area (Å²) in [5.41, 5.74) is 0. The third-order valence-corrected chi connectivity index (χ3v) is 5.37. The molecule has 112 valence electrons. The summed E-state index contributed by atoms with van der Waals surface area (Å²) in [6, 6.07) is 0.0880. The molecule has 20 heavy (non-hydrogen) atoms. The number of nitrogens with zero attached hydrogens (tertiary/aromatic N) is 2. The standard InChI is InChI=1S/C11H17N3O4S2/c1-7(2)12-9(15)5-19-11-14-13-10(18-11)8-3-4-20(16,17)6-8/h7-8H,3-6H2,1-2H3,(H,12,15)/t8-/m1/s1. The van der Waals surface area contributed by atoms with Crippen LogP contribution in [-0.2, 0) is 14.6 Å². The van der Waals surface area contributed by atoms with Gasteiger partial charge in [0.2, 0.25) is 11.8 Å². The first-order valence-corrected chi connectivity index (χ1v) is 9.12. The van der Waals surface area contributed by atoms with Crippen LogP contribution < -0.4 is 5.32 Å². The van der Waals surface area contributed by atoms with E-state index in [0.717, 1.165) is 11.8 Å². The molecule has 1 aromatic rings. The highest BCUT2D eigenvalue weighted by Gasteiger charge is 2.32. The van der Waals surface area contributed by atoms with Crippen LogP contribution >= 0.6 is 11.8 Å². The zero-order valence-electron chi connectivity index (χ0n) is 11.3. The van der Waals surface area contributed by atoms with Crippen LogP contribution in [-0.4, -0.2) is 47.8 Å². The van der Waals surface area contributed by atoms with Crippen LogP contribution in [0.2, 0.25) is 0 Å². The lowest BCUT2D eigenvalue weighted by Gasteiger charge is -2.06. The first-order valence-electron chi connectivity index (χ1n) is 6.32. The Morgan fingerprint density at radius 2 is 2.25 bits per heavy atom. The quantitative estimate of drug-likeness (QED) is 0.792. The smallest absolute Gasteiger partial charge is 0.277 e. The Balaban J connectivity index is 1.88. The summed E-state index contributed by atoms with van der Waals surface area (Å²) >= 11 is 1.15. The molecule has 0 unspecified atom stereocenters. The van der Waals surface area contributed by atoms with Crippen LogP contribution in [0.1, 0.15) is 32.1 Å². The molecule has 1 amide bonds. The number of aromatic nitrogens is 2. The molecule has 1 atom stereocenters. The Hall–Kier alpha value is -1.09. The SMILES string of the molecule is CC(C)NC(=O)CSc1nnc([C@@H]2CCS(=O)(=O)C2)o1. The summed E-state index contributed by atoms with van der Waals surface area (Å²) in [5, 5.41) is 10.8. The normalized spacial score (nSPS) is 21.2. The van der Waals surface area contributed by atoms with Crippen LogP contribution in [0.25, 0.3) is 0 Å². The van der Waals surface area contributed by atoms with Gasteiger partial charge in [0, 0.05) is 6.04 Å². The van der Waals surface area contributed by atoms with Crippen LogP contribution in [0.15, 0.2) is 9.64 Å². The van der Waals surface area contributed by atoms with E-state index in [-0.39, 0.29) is 35.1 Å². The number of nitrogens with one attached hydrogen (secondary N) is 1. The maximum absolute atomic E-state index is 11.5. The van der Waals surface area contributed by atoms with Gasteiger partial charge >= 0.3 is 0 Å². The molecule has 2 rings (SSSR count). The van der Waals surface area contributed by atoms with Crippen LogP contribution in [0, 0.1) is 0 Å². The van der Waals surface area contributed by atoms with Gasteiger partial charge in [-0.3, -0.25) is 4.79 Å². The summed E-state index contributed by atoms with van der Waals surface area (Å²) in [5.74, 6) is 0.451. The van der Waals surface area contributed by atoms with E-state index in [1.807, 2.05) is 13.8 Å². The monoisotopic (exact) mass is 319 g/mol. The molecular formula is C11H17N3O4S2. The number of carbonyl (C=O) groups excluding carboxylic acids is 1. The molecule has 1 N–H and O–H groups in total. The van der Waals surface area contributed by atoms with E-state index < -0.39 is 9.84 Å². The van der Waals surface area contributed by atoms with Gasteiger partial charge in [0.1, 0.15) is 0 Å². The average molecular weight is 319 g/mol. The molecule has 0 bridgehead atoms. The number of thioether (sulfide) groups is 1. The van der Waals surface area contributed by atoms with E-state index in [0.29, 0.717) is 17.5 Å². The fourth-order valence-corrected chi connectivity index (χ4v) is 4.24. The minimum atomic E-state index is -2.97. The summed E-state index contributed by atoms with van der Waals surface area (Å²) in [7, 11) is -2.97. The predicted molar refractivity (Wildman–Crippen MR) is 74.3 cm³/mol. The average Bonchev–Trinajstić information content (AvgIpc) is 2.92. The second-order valence-electron chi connectivity index (χ2n) is 5.02. The van der Waals surface area contributed by atoms with E-state index >= 15 is 0 Å². The molecule has 0 radical (unpaired) electrons. The molecule has 0 aromatic carbocycles. The lowest BCUT2D eigenvalue weighted by Crippen LogP contribution is -2.31. The van der Waals surface area contributed by atoms with Crippen molar-refractivity contribution in [3.63, 3.8) is 0 Å². The molecule has 1 saturated heterocycles. The highest BCUT2D eigenvalue weighted by molar-refractivity contribution is 7.99. The Bertz CT molecular complexity index is 582. The molecule has 0 aliphatic carbocycles. The predicted octanol–water partition coefficient (Wildman–Crippen LogP) is 0.588. The number of rotatable bonds is 5. The van der Waals surface area contributed by atoms with E-state index in [1.54, 1.807) is 0 Å². The van der Waals surface area contributed by atoms with Crippen molar-refractivity contribution in [2.45, 2.75) is 37.5 Å². The number of hydrogen-bond acceptors (Lipinski definition) is 7. The lowest BCUT2D eigenvalue weighted by atomic mass is 10.1. The minimum Gasteiger partial charge on any atom is -0.416 e. The third kappa shape index (κ3) is 4.20. The molecule has 2 heterocycles. The topological polar surface area (TPSA) is 102 Å². The molecular weight excluding hydrogens is 302 g/mol. The van der Waals surface area contributed by atoms with Crippen LogP contribution in [0.4, 0.5) is 0 Å². The van der Waals surface area contributed by atoms with Gasteiger partial charge in [-0.25, -0.2) is 8.42 Å². The van der Waals surface area contributed by atoms with E-state index in [1.165, 1.54) is 0 Å². The molecule has 7 nitrogen and oxygen atoms in total. The van der Waals surface area contributed by atoms with Gasteiger partial charge in [0.15, 0.2) is 9.84 Å². The van der Waals surface area contributed by atoms with Gasteiger partial charge in [-0.15, -0.1) is 10.2 Å². The van der Waals surface area contributed by atoms with Gasteiger partial charge in [0.05, 0.1) is 23.2 Å². The van der Waals surface area contributed by atoms with Crippen molar-refractivity contribution >= 4 is 27.5 Å². The zero-order chi connectivity index (χ0) is 14.8. The summed E-state index contributed by atoms with van der Waals surface area (Å²) in [6.07, 6.45) is 0.516. The van der Waals surface area contributed by atoms with Gasteiger partial charge in [-0.2, -0.15) is 0 Å². The van der Waals surface area contributed by atoms with Crippen molar-refractivity contribution in [2.75, 3.05) is 17.3 Å². The Morgan fingerprint density at radius 3 is 2.85 bits per heavy atom. The molecule has 1 aliphatic rings. The van der Waals surface area contributed by atoms with E-state index in [2.05, 4.69) is 15.5 Å². The van der Waals surface area contributed by atoms with Gasteiger partial charge in [-0.1, -0.05) is 11.8 Å². The Kier molecular flexibility index (Phi) is 4.69. The largest absolute Gasteiger partial charge is 0.416 e. The van der Waals surface area contributed by atoms with Crippen molar-refractivity contribution in [1.82, 2.24) is 15.5 Å². The third-order valence-electron chi connectivity index (χ3n) is 2.78. The number of amides is 1. The van der Waals surface area contributed by atoms with Gasteiger partial charge in [0.25, 0.3) is 5.22 Å². The van der Waals surface area contributed by atoms with Crippen LogP contribution in [0.5, 0.6) is 0 Å². The van der Waals surface area contributed by atoms with Crippen molar-refractivity contribution in [2.24, 2.45) is 0 Å². The highest BCUT2D eigenvalue weighted by atomic mass is 32.2. The second-order valence-corrected chi connectivity index (χ2v) is 8.17. The summed E-state index contributed by atoms with van der Waals surface area (Å²) < 4.78 is 28.2. The Labute approximate surface area is 121 Å². The lowest BCUT2D eigenvalue weighted by molar-refractivity contribution is -0.119. The van der Waals surface area contributed by atoms with Crippen molar-refractivity contribution in [3.05, 3.63) is 5.89 Å². The molecule has 0 saturated carbocycles. The molecule has 1 fully saturated rings. The number of carbonyl (C=O) groups is 1. The fourth-order valence-electron chi connectivity index (χ4n) is 1.92. The van der Waals surface area contributed by atoms with E-state index in [4.69, 9.17) is 4.42 Å². The van der Waals surface area contributed by atoms with Crippen molar-refractivity contribution < 1.29 is 17.6 Å². The Morgan fingerprint density at radius 1 is 1.50 bits per heavy atom. The molecule has 9 heteroatoms. The summed E-state index contributed by atoms with van der Waals surface area (Å²) in [6.45, 7) is 3.77. The van der Waals surface area contributed by atoms with Gasteiger partial charge < -0.3 is 9.73 Å². The summed E-state index contributed by atoms with van der Waals surface area (Å²) in [4.78, 5) is 11.5. The van der Waals surface area contributed by atoms with Crippen molar-refractivity contribution in [3.8, 4) is 0 Å². The molecule has 0 spiro atoms. The van der Waals surface area contributed by atoms with E-state index in [9.17, 15) is 13.2 Å². The first kappa shape index (κ1) is 15.3. The number of sulfone groups is 1. The van der Waals surface area contributed by atoms with Crippen LogP contribution in [0.3, 0.4) is 0 Å². The molecule has 1 aromatic heterocycles. The zero-order valence-corrected chi connectivity index (χ0v) is 13.0. The van der Waals surface area contributed by atoms with Gasteiger partial charge in [-0.05, 0) is 20.3 Å². The first-order chi connectivity index (χ1) is 9.35. The highest BCUT2D eigenvalue weighted by Crippen LogP contribution is 2.29.